The van der Waals surface area contributed by atoms with E-state index < -0.39 is 0 Å². The highest BCUT2D eigenvalue weighted by Gasteiger charge is 2.16. The van der Waals surface area contributed by atoms with Gasteiger partial charge in [-0.2, -0.15) is 5.10 Å². The maximum atomic E-state index is 12.3. The first-order valence-electron chi connectivity index (χ1n) is 5.97. The van der Waals surface area contributed by atoms with E-state index >= 15 is 0 Å². The molecule has 0 saturated heterocycles. The van der Waals surface area contributed by atoms with E-state index in [1.165, 1.54) is 0 Å². The number of Topliss-reactive ketones (excluding diaryl/α,β-unsaturated/α-hetero) is 1. The zero-order valence-corrected chi connectivity index (χ0v) is 12.0. The minimum Gasteiger partial charge on any atom is -0.399 e. The molecule has 0 aliphatic rings. The first-order chi connectivity index (χ1) is 8.90. The molecule has 1 aromatic heterocycles. The molecule has 2 N–H and O–H groups in total. The minimum atomic E-state index is 0.0149. The average molecular weight is 278 g/mol. The molecule has 0 aliphatic heterocycles. The van der Waals surface area contributed by atoms with Crippen molar-refractivity contribution >= 4 is 23.1 Å². The zero-order valence-electron chi connectivity index (χ0n) is 11.2. The zero-order chi connectivity index (χ0) is 14.2. The monoisotopic (exact) mass is 277 g/mol. The first-order valence-corrected chi connectivity index (χ1v) is 6.35. The maximum absolute atomic E-state index is 12.3. The molecular formula is C14H16ClN3O. The van der Waals surface area contributed by atoms with Crippen molar-refractivity contribution in [1.82, 2.24) is 9.78 Å². The average Bonchev–Trinajstić information content (AvgIpc) is 2.59. The maximum Gasteiger partial charge on any atom is 0.167 e. The molecule has 0 atom stereocenters. The molecule has 100 valence electrons. The van der Waals surface area contributed by atoms with E-state index in [1.54, 1.807) is 29.9 Å². The van der Waals surface area contributed by atoms with Gasteiger partial charge in [0.1, 0.15) is 5.15 Å². The molecule has 0 bridgehead atoms. The summed E-state index contributed by atoms with van der Waals surface area (Å²) in [6.07, 6.45) is 0.252. The first kappa shape index (κ1) is 13.6. The van der Waals surface area contributed by atoms with Crippen LogP contribution in [0.1, 0.15) is 27.2 Å². The molecule has 0 unspecified atom stereocenters. The molecule has 0 spiro atoms. The second-order valence-corrected chi connectivity index (χ2v) is 5.01. The lowest BCUT2D eigenvalue weighted by Gasteiger charge is -2.05. The Kier molecular flexibility index (Phi) is 3.62. The highest BCUT2D eigenvalue weighted by molar-refractivity contribution is 6.30. The number of rotatable bonds is 3. The molecule has 5 heteroatoms. The van der Waals surface area contributed by atoms with Gasteiger partial charge in [-0.1, -0.05) is 11.6 Å². The summed E-state index contributed by atoms with van der Waals surface area (Å²) >= 11 is 6.13. The molecule has 2 aromatic rings. The SMILES string of the molecule is Cc1cc(C(=O)Cc2c(C)nn(C)c2Cl)ccc1N. The van der Waals surface area contributed by atoms with Crippen LogP contribution in [0.3, 0.4) is 0 Å². The summed E-state index contributed by atoms with van der Waals surface area (Å²) in [5.41, 5.74) is 9.55. The van der Waals surface area contributed by atoms with Crippen molar-refractivity contribution in [3.63, 3.8) is 0 Å². The number of hydrogen-bond donors (Lipinski definition) is 1. The Balaban J connectivity index is 2.28. The summed E-state index contributed by atoms with van der Waals surface area (Å²) in [6, 6.07) is 5.29. The van der Waals surface area contributed by atoms with Crippen molar-refractivity contribution in [2.45, 2.75) is 20.3 Å². The fourth-order valence-electron chi connectivity index (χ4n) is 1.99. The number of aromatic nitrogens is 2. The van der Waals surface area contributed by atoms with Crippen LogP contribution in [-0.2, 0) is 13.5 Å². The Labute approximate surface area is 117 Å². The van der Waals surface area contributed by atoms with E-state index in [4.69, 9.17) is 17.3 Å². The second kappa shape index (κ2) is 5.05. The summed E-state index contributed by atoms with van der Waals surface area (Å²) in [4.78, 5) is 12.3. The van der Waals surface area contributed by atoms with Crippen molar-refractivity contribution in [3.8, 4) is 0 Å². The molecule has 0 saturated carbocycles. The lowest BCUT2D eigenvalue weighted by molar-refractivity contribution is 0.0992. The fraction of sp³-hybridized carbons (Fsp3) is 0.286. The molecular weight excluding hydrogens is 262 g/mol. The Bertz CT molecular complexity index is 646. The standard InChI is InChI=1S/C14H16ClN3O/c1-8-6-10(4-5-12(8)16)13(19)7-11-9(2)17-18(3)14(11)15/h4-6H,7,16H2,1-3H3. The number of benzene rings is 1. The van der Waals surface area contributed by atoms with Crippen LogP contribution in [0.25, 0.3) is 0 Å². The van der Waals surface area contributed by atoms with E-state index in [9.17, 15) is 4.79 Å². The van der Waals surface area contributed by atoms with Crippen LogP contribution in [0.4, 0.5) is 5.69 Å². The molecule has 1 heterocycles. The summed E-state index contributed by atoms with van der Waals surface area (Å²) in [5.74, 6) is 0.0149. The molecule has 2 rings (SSSR count). The van der Waals surface area contributed by atoms with E-state index in [0.717, 1.165) is 16.8 Å². The number of nitrogen functional groups attached to an aromatic ring is 1. The fourth-order valence-corrected chi connectivity index (χ4v) is 2.23. The number of anilines is 1. The van der Waals surface area contributed by atoms with Crippen LogP contribution in [0.5, 0.6) is 0 Å². The van der Waals surface area contributed by atoms with Gasteiger partial charge in [0.15, 0.2) is 5.78 Å². The van der Waals surface area contributed by atoms with Gasteiger partial charge in [0.2, 0.25) is 0 Å². The number of ketones is 1. The molecule has 0 fully saturated rings. The molecule has 0 aliphatic carbocycles. The van der Waals surface area contributed by atoms with Crippen LogP contribution in [0, 0.1) is 13.8 Å². The van der Waals surface area contributed by atoms with Crippen LogP contribution in [-0.4, -0.2) is 15.6 Å². The van der Waals surface area contributed by atoms with Crippen molar-refractivity contribution in [1.29, 1.82) is 0 Å². The Morgan fingerprint density at radius 3 is 2.63 bits per heavy atom. The van der Waals surface area contributed by atoms with E-state index in [1.807, 2.05) is 13.8 Å². The number of carbonyl (C=O) groups excluding carboxylic acids is 1. The van der Waals surface area contributed by atoms with Crippen molar-refractivity contribution in [2.75, 3.05) is 5.73 Å². The third-order valence-electron chi connectivity index (χ3n) is 3.20. The number of halogens is 1. The predicted molar refractivity (Wildman–Crippen MR) is 76.6 cm³/mol. The van der Waals surface area contributed by atoms with Gasteiger partial charge < -0.3 is 5.73 Å². The van der Waals surface area contributed by atoms with Gasteiger partial charge in [-0.3, -0.25) is 9.48 Å². The summed E-state index contributed by atoms with van der Waals surface area (Å²) in [7, 11) is 1.76. The number of hydrogen-bond acceptors (Lipinski definition) is 3. The number of carbonyl (C=O) groups is 1. The lowest BCUT2D eigenvalue weighted by Crippen LogP contribution is -2.05. The molecule has 0 amide bonds. The molecule has 0 radical (unpaired) electrons. The predicted octanol–water partition coefficient (Wildman–Crippen LogP) is 2.70. The van der Waals surface area contributed by atoms with Crippen LogP contribution in [0.2, 0.25) is 5.15 Å². The van der Waals surface area contributed by atoms with Crippen molar-refractivity contribution in [3.05, 3.63) is 45.7 Å². The Hall–Kier alpha value is -1.81. The van der Waals surface area contributed by atoms with Gasteiger partial charge in [-0.05, 0) is 37.6 Å². The largest absolute Gasteiger partial charge is 0.399 e. The van der Waals surface area contributed by atoms with Gasteiger partial charge in [0.25, 0.3) is 0 Å². The Morgan fingerprint density at radius 2 is 2.11 bits per heavy atom. The number of nitrogens with two attached hydrogens (primary N) is 1. The van der Waals surface area contributed by atoms with Crippen molar-refractivity contribution < 1.29 is 4.79 Å². The van der Waals surface area contributed by atoms with E-state index in [0.29, 0.717) is 16.4 Å². The topological polar surface area (TPSA) is 60.9 Å². The number of nitrogens with zero attached hydrogens (tertiary/aromatic N) is 2. The molecule has 19 heavy (non-hydrogen) atoms. The van der Waals surface area contributed by atoms with Crippen LogP contribution in [0.15, 0.2) is 18.2 Å². The summed E-state index contributed by atoms with van der Waals surface area (Å²) < 4.78 is 1.58. The van der Waals surface area contributed by atoms with Gasteiger partial charge in [0, 0.05) is 30.3 Å². The van der Waals surface area contributed by atoms with Gasteiger partial charge in [-0.15, -0.1) is 0 Å². The van der Waals surface area contributed by atoms with Crippen molar-refractivity contribution in [2.24, 2.45) is 7.05 Å². The van der Waals surface area contributed by atoms with Gasteiger partial charge in [-0.25, -0.2) is 0 Å². The van der Waals surface area contributed by atoms with Crippen LogP contribution < -0.4 is 5.73 Å². The van der Waals surface area contributed by atoms with E-state index in [-0.39, 0.29) is 12.2 Å². The van der Waals surface area contributed by atoms with Gasteiger partial charge >= 0.3 is 0 Å². The highest BCUT2D eigenvalue weighted by atomic mass is 35.5. The smallest absolute Gasteiger partial charge is 0.167 e. The third-order valence-corrected chi connectivity index (χ3v) is 3.67. The van der Waals surface area contributed by atoms with Crippen LogP contribution >= 0.6 is 11.6 Å². The quantitative estimate of drug-likeness (QED) is 0.693. The number of aryl methyl sites for hydroxylation is 3. The highest BCUT2D eigenvalue weighted by Crippen LogP contribution is 2.21. The molecule has 4 nitrogen and oxygen atoms in total. The second-order valence-electron chi connectivity index (χ2n) is 4.65. The summed E-state index contributed by atoms with van der Waals surface area (Å²) in [5, 5.41) is 4.71. The lowest BCUT2D eigenvalue weighted by atomic mass is 10.0. The summed E-state index contributed by atoms with van der Waals surface area (Å²) in [6.45, 7) is 3.73. The van der Waals surface area contributed by atoms with Gasteiger partial charge in [0.05, 0.1) is 5.69 Å². The molecule has 1 aromatic carbocycles. The minimum absolute atomic E-state index is 0.0149. The Morgan fingerprint density at radius 1 is 1.42 bits per heavy atom. The van der Waals surface area contributed by atoms with E-state index in [2.05, 4.69) is 5.10 Å². The normalized spacial score (nSPS) is 10.7. The third kappa shape index (κ3) is 2.63.